The van der Waals surface area contributed by atoms with Gasteiger partial charge in [0.25, 0.3) is 5.56 Å². The van der Waals surface area contributed by atoms with Crippen LogP contribution in [0, 0.1) is 14.9 Å². The zero-order valence-corrected chi connectivity index (χ0v) is 10.2. The second-order valence-electron chi connectivity index (χ2n) is 3.06. The molecular weight excluding hydrogens is 317 g/mol. The number of hydrogen-bond donors (Lipinski definition) is 1. The van der Waals surface area contributed by atoms with Gasteiger partial charge in [-0.15, -0.1) is 0 Å². The Labute approximate surface area is 105 Å². The highest BCUT2D eigenvalue weighted by atomic mass is 127. The monoisotopic (exact) mass is 323 g/mol. The third-order valence-electron chi connectivity index (χ3n) is 2.03. The molecule has 0 aromatic carbocycles. The fraction of sp³-hybridized carbons (Fsp3) is 0. The standard InChI is InChI=1S/C11H6IN3O/c12-8-5-7(6-13)11(16)15-10(8)9-3-1-2-4-14-9/h1-5H,(H,15,16). The predicted octanol–water partition coefficient (Wildman–Crippen LogP) is 1.91. The number of hydrogen-bond acceptors (Lipinski definition) is 3. The zero-order valence-electron chi connectivity index (χ0n) is 8.07. The average Bonchev–Trinajstić information content (AvgIpc) is 2.32. The molecule has 2 heterocycles. The van der Waals surface area contributed by atoms with Crippen LogP contribution >= 0.6 is 22.6 Å². The normalized spacial score (nSPS) is 9.75. The summed E-state index contributed by atoms with van der Waals surface area (Å²) >= 11 is 2.07. The molecule has 0 saturated carbocycles. The van der Waals surface area contributed by atoms with E-state index in [1.54, 1.807) is 24.4 Å². The Morgan fingerprint density at radius 3 is 2.88 bits per heavy atom. The van der Waals surface area contributed by atoms with E-state index in [0.29, 0.717) is 11.4 Å². The van der Waals surface area contributed by atoms with Crippen LogP contribution in [0.4, 0.5) is 0 Å². The van der Waals surface area contributed by atoms with E-state index in [0.717, 1.165) is 3.57 Å². The van der Waals surface area contributed by atoms with Crippen molar-refractivity contribution in [2.24, 2.45) is 0 Å². The van der Waals surface area contributed by atoms with Gasteiger partial charge in [-0.25, -0.2) is 0 Å². The third kappa shape index (κ3) is 1.97. The van der Waals surface area contributed by atoms with Gasteiger partial charge in [-0.2, -0.15) is 5.26 Å². The maximum atomic E-state index is 11.5. The predicted molar refractivity (Wildman–Crippen MR) is 67.7 cm³/mol. The van der Waals surface area contributed by atoms with Gasteiger partial charge < -0.3 is 4.98 Å². The van der Waals surface area contributed by atoms with E-state index in [-0.39, 0.29) is 11.1 Å². The summed E-state index contributed by atoms with van der Waals surface area (Å²) in [4.78, 5) is 18.3. The molecule has 2 rings (SSSR count). The molecule has 0 aliphatic heterocycles. The van der Waals surface area contributed by atoms with Crippen molar-refractivity contribution in [3.8, 4) is 17.5 Å². The summed E-state index contributed by atoms with van der Waals surface area (Å²) in [6.45, 7) is 0. The number of nitrogens with zero attached hydrogens (tertiary/aromatic N) is 2. The Kier molecular flexibility index (Phi) is 3.01. The van der Waals surface area contributed by atoms with Gasteiger partial charge in [0.1, 0.15) is 11.6 Å². The first-order chi connectivity index (χ1) is 7.72. The number of aromatic nitrogens is 2. The highest BCUT2D eigenvalue weighted by Gasteiger charge is 2.08. The number of H-pyrrole nitrogens is 1. The van der Waals surface area contributed by atoms with E-state index in [4.69, 9.17) is 5.26 Å². The molecule has 0 unspecified atom stereocenters. The molecule has 0 saturated heterocycles. The lowest BCUT2D eigenvalue weighted by Crippen LogP contribution is -2.12. The van der Waals surface area contributed by atoms with Gasteiger partial charge in [0.2, 0.25) is 0 Å². The topological polar surface area (TPSA) is 69.5 Å². The molecule has 0 fully saturated rings. The minimum Gasteiger partial charge on any atom is -0.319 e. The highest BCUT2D eigenvalue weighted by molar-refractivity contribution is 14.1. The van der Waals surface area contributed by atoms with E-state index in [1.807, 2.05) is 12.1 Å². The van der Waals surface area contributed by atoms with Gasteiger partial charge in [0.15, 0.2) is 0 Å². The Bertz CT molecular complexity index is 613. The van der Waals surface area contributed by atoms with E-state index >= 15 is 0 Å². The molecule has 4 nitrogen and oxygen atoms in total. The molecule has 0 aliphatic carbocycles. The molecule has 0 atom stereocenters. The van der Waals surface area contributed by atoms with Gasteiger partial charge in [-0.05, 0) is 40.8 Å². The number of nitrogens with one attached hydrogen (secondary N) is 1. The molecule has 0 bridgehead atoms. The summed E-state index contributed by atoms with van der Waals surface area (Å²) in [5.74, 6) is 0. The molecule has 78 valence electrons. The van der Waals surface area contributed by atoms with E-state index in [2.05, 4.69) is 32.6 Å². The first-order valence-corrected chi connectivity index (χ1v) is 5.54. The van der Waals surface area contributed by atoms with Gasteiger partial charge >= 0.3 is 0 Å². The van der Waals surface area contributed by atoms with E-state index < -0.39 is 0 Å². The molecule has 0 spiro atoms. The zero-order chi connectivity index (χ0) is 11.5. The summed E-state index contributed by atoms with van der Waals surface area (Å²) < 4.78 is 0.799. The molecule has 2 aromatic rings. The summed E-state index contributed by atoms with van der Waals surface area (Å²) in [7, 11) is 0. The number of nitriles is 1. The summed E-state index contributed by atoms with van der Waals surface area (Å²) in [6.07, 6.45) is 1.65. The Hall–Kier alpha value is -1.68. The maximum absolute atomic E-state index is 11.5. The number of pyridine rings is 2. The second kappa shape index (κ2) is 4.45. The lowest BCUT2D eigenvalue weighted by molar-refractivity contribution is 1.17. The van der Waals surface area contributed by atoms with E-state index in [9.17, 15) is 4.79 Å². The van der Waals surface area contributed by atoms with Gasteiger partial charge in [0.05, 0.1) is 11.4 Å². The van der Waals surface area contributed by atoms with Crippen LogP contribution in [0.2, 0.25) is 0 Å². The second-order valence-corrected chi connectivity index (χ2v) is 4.22. The molecule has 1 N–H and O–H groups in total. The summed E-state index contributed by atoms with van der Waals surface area (Å²) in [5.41, 5.74) is 1.06. The smallest absolute Gasteiger partial charge is 0.266 e. The van der Waals surface area contributed by atoms with E-state index in [1.165, 1.54) is 0 Å². The summed E-state index contributed by atoms with van der Waals surface area (Å²) in [5, 5.41) is 8.72. The Morgan fingerprint density at radius 1 is 1.44 bits per heavy atom. The van der Waals surface area contributed by atoms with Crippen molar-refractivity contribution >= 4 is 22.6 Å². The van der Waals surface area contributed by atoms with Gasteiger partial charge in [-0.3, -0.25) is 9.78 Å². The summed E-state index contributed by atoms with van der Waals surface area (Å²) in [6, 6.07) is 8.86. The minimum absolute atomic E-state index is 0.115. The Morgan fingerprint density at radius 2 is 2.25 bits per heavy atom. The van der Waals surface area contributed by atoms with Crippen LogP contribution in [0.15, 0.2) is 35.3 Å². The SMILES string of the molecule is N#Cc1cc(I)c(-c2ccccn2)[nH]c1=O. The molecule has 5 heteroatoms. The lowest BCUT2D eigenvalue weighted by atomic mass is 10.2. The van der Waals surface area contributed by atoms with Crippen molar-refractivity contribution < 1.29 is 0 Å². The van der Waals surface area contributed by atoms with Crippen molar-refractivity contribution in [1.82, 2.24) is 9.97 Å². The Balaban J connectivity index is 2.65. The molecule has 0 aliphatic rings. The van der Waals surface area contributed by atoms with Crippen LogP contribution in [0.25, 0.3) is 11.4 Å². The maximum Gasteiger partial charge on any atom is 0.266 e. The van der Waals surface area contributed by atoms with Crippen molar-refractivity contribution in [1.29, 1.82) is 5.26 Å². The van der Waals surface area contributed by atoms with Gasteiger partial charge in [-0.1, -0.05) is 6.07 Å². The lowest BCUT2D eigenvalue weighted by Gasteiger charge is -2.03. The number of rotatable bonds is 1. The van der Waals surface area contributed by atoms with Crippen LogP contribution in [0.3, 0.4) is 0 Å². The molecular formula is C11H6IN3O. The molecule has 16 heavy (non-hydrogen) atoms. The average molecular weight is 323 g/mol. The van der Waals surface area contributed by atoms with Crippen LogP contribution < -0.4 is 5.56 Å². The molecule has 0 amide bonds. The van der Waals surface area contributed by atoms with Gasteiger partial charge in [0, 0.05) is 9.77 Å². The highest BCUT2D eigenvalue weighted by Crippen LogP contribution is 2.19. The van der Waals surface area contributed by atoms with Crippen molar-refractivity contribution in [3.05, 3.63) is 49.9 Å². The van der Waals surface area contributed by atoms with Crippen LogP contribution in [-0.2, 0) is 0 Å². The fourth-order valence-electron chi connectivity index (χ4n) is 1.29. The number of halogens is 1. The molecule has 0 radical (unpaired) electrons. The van der Waals surface area contributed by atoms with Crippen molar-refractivity contribution in [2.45, 2.75) is 0 Å². The quantitative estimate of drug-likeness (QED) is 0.815. The van der Waals surface area contributed by atoms with Crippen molar-refractivity contribution in [2.75, 3.05) is 0 Å². The van der Waals surface area contributed by atoms with Crippen LogP contribution in [0.5, 0.6) is 0 Å². The first kappa shape index (κ1) is 10.8. The third-order valence-corrected chi connectivity index (χ3v) is 2.89. The van der Waals surface area contributed by atoms with Crippen LogP contribution in [-0.4, -0.2) is 9.97 Å². The van der Waals surface area contributed by atoms with Crippen molar-refractivity contribution in [3.63, 3.8) is 0 Å². The number of aromatic amines is 1. The first-order valence-electron chi connectivity index (χ1n) is 4.46. The van der Waals surface area contributed by atoms with Crippen LogP contribution in [0.1, 0.15) is 5.56 Å². The molecule has 2 aromatic heterocycles. The fourth-order valence-corrected chi connectivity index (χ4v) is 2.01. The minimum atomic E-state index is -0.386. The largest absolute Gasteiger partial charge is 0.319 e.